The van der Waals surface area contributed by atoms with Gasteiger partial charge in [-0.15, -0.1) is 0 Å². The van der Waals surface area contributed by atoms with Crippen LogP contribution >= 0.6 is 0 Å². The van der Waals surface area contributed by atoms with Crippen molar-refractivity contribution in [2.75, 3.05) is 6.61 Å². The third-order valence-corrected chi connectivity index (χ3v) is 1.59. The van der Waals surface area contributed by atoms with E-state index in [0.717, 1.165) is 5.76 Å². The number of hydrogen-bond donors (Lipinski definition) is 1. The Bertz CT molecular complexity index is 267. The second kappa shape index (κ2) is 5.44. The summed E-state index contributed by atoms with van der Waals surface area (Å²) >= 11 is 0. The normalized spacial score (nSPS) is 10.5. The Hall–Kier alpha value is -1.29. The van der Waals surface area contributed by atoms with Crippen molar-refractivity contribution >= 4 is 5.91 Å². The van der Waals surface area contributed by atoms with Gasteiger partial charge in [0.1, 0.15) is 12.4 Å². The van der Waals surface area contributed by atoms with Gasteiger partial charge in [-0.05, 0) is 26.0 Å². The molecule has 4 heteroatoms. The summed E-state index contributed by atoms with van der Waals surface area (Å²) in [6.45, 7) is 4.28. The van der Waals surface area contributed by atoms with Crippen LogP contribution in [0.25, 0.3) is 0 Å². The fourth-order valence-electron chi connectivity index (χ4n) is 0.892. The summed E-state index contributed by atoms with van der Waals surface area (Å²) < 4.78 is 10.2. The number of hydrogen-bond acceptors (Lipinski definition) is 3. The fraction of sp³-hybridized carbons (Fsp3) is 0.500. The highest BCUT2D eigenvalue weighted by Gasteiger charge is 2.03. The third-order valence-electron chi connectivity index (χ3n) is 1.59. The lowest BCUT2D eigenvalue weighted by atomic mass is 10.4. The number of amides is 1. The molecule has 0 saturated heterocycles. The maximum atomic E-state index is 11.2. The molecular weight excluding hydrogens is 182 g/mol. The summed E-state index contributed by atoms with van der Waals surface area (Å²) in [5.74, 6) is 0.609. The van der Waals surface area contributed by atoms with Crippen molar-refractivity contribution in [3.8, 4) is 0 Å². The highest BCUT2D eigenvalue weighted by atomic mass is 16.5. The second-order valence-electron chi connectivity index (χ2n) is 3.22. The molecule has 4 nitrogen and oxygen atoms in total. The lowest BCUT2D eigenvalue weighted by Crippen LogP contribution is -2.28. The molecule has 1 heterocycles. The van der Waals surface area contributed by atoms with Gasteiger partial charge >= 0.3 is 0 Å². The van der Waals surface area contributed by atoms with E-state index in [0.29, 0.717) is 6.54 Å². The average Bonchev–Trinajstić information content (AvgIpc) is 2.63. The van der Waals surface area contributed by atoms with Crippen molar-refractivity contribution in [3.63, 3.8) is 0 Å². The topological polar surface area (TPSA) is 51.5 Å². The highest BCUT2D eigenvalue weighted by molar-refractivity contribution is 5.77. The van der Waals surface area contributed by atoms with Crippen molar-refractivity contribution in [1.29, 1.82) is 0 Å². The van der Waals surface area contributed by atoms with Crippen molar-refractivity contribution in [1.82, 2.24) is 5.32 Å². The molecule has 0 aliphatic carbocycles. The number of ether oxygens (including phenoxy) is 1. The first-order valence-electron chi connectivity index (χ1n) is 4.59. The van der Waals surface area contributed by atoms with Gasteiger partial charge in [-0.25, -0.2) is 0 Å². The largest absolute Gasteiger partial charge is 0.467 e. The van der Waals surface area contributed by atoms with E-state index >= 15 is 0 Å². The maximum Gasteiger partial charge on any atom is 0.246 e. The van der Waals surface area contributed by atoms with Gasteiger partial charge in [0.15, 0.2) is 0 Å². The first-order valence-corrected chi connectivity index (χ1v) is 4.59. The Morgan fingerprint density at radius 3 is 3.00 bits per heavy atom. The third kappa shape index (κ3) is 4.09. The zero-order valence-electron chi connectivity index (χ0n) is 8.45. The van der Waals surface area contributed by atoms with Gasteiger partial charge < -0.3 is 14.5 Å². The van der Waals surface area contributed by atoms with Crippen molar-refractivity contribution in [2.45, 2.75) is 26.5 Å². The average molecular weight is 197 g/mol. The summed E-state index contributed by atoms with van der Waals surface area (Å²) in [7, 11) is 0. The maximum absolute atomic E-state index is 11.2. The summed E-state index contributed by atoms with van der Waals surface area (Å²) in [5, 5.41) is 2.68. The molecule has 0 aliphatic heterocycles. The van der Waals surface area contributed by atoms with Crippen LogP contribution in [0.2, 0.25) is 0 Å². The Morgan fingerprint density at radius 1 is 1.64 bits per heavy atom. The van der Waals surface area contributed by atoms with Crippen LogP contribution in [-0.4, -0.2) is 18.6 Å². The lowest BCUT2D eigenvalue weighted by Gasteiger charge is -2.07. The van der Waals surface area contributed by atoms with E-state index in [9.17, 15) is 4.79 Å². The smallest absolute Gasteiger partial charge is 0.246 e. The summed E-state index contributed by atoms with van der Waals surface area (Å²) in [6.07, 6.45) is 1.65. The molecular formula is C10H15NO3. The molecule has 0 bridgehead atoms. The Morgan fingerprint density at radius 2 is 2.43 bits per heavy atom. The molecule has 1 amide bonds. The molecule has 14 heavy (non-hydrogen) atoms. The fourth-order valence-corrected chi connectivity index (χ4v) is 0.892. The van der Waals surface area contributed by atoms with E-state index in [4.69, 9.17) is 9.15 Å². The lowest BCUT2D eigenvalue weighted by molar-refractivity contribution is -0.127. The first kappa shape index (κ1) is 10.8. The molecule has 0 spiro atoms. The molecule has 1 aromatic rings. The molecule has 1 aromatic heterocycles. The summed E-state index contributed by atoms with van der Waals surface area (Å²) in [6, 6.07) is 3.59. The van der Waals surface area contributed by atoms with Gasteiger partial charge in [0.2, 0.25) is 5.91 Å². The minimum atomic E-state index is -0.130. The minimum Gasteiger partial charge on any atom is -0.467 e. The molecule has 0 atom stereocenters. The van der Waals surface area contributed by atoms with E-state index in [2.05, 4.69) is 5.32 Å². The standard InChI is InChI=1S/C10H15NO3/c1-8(2)14-7-10(12)11-6-9-4-3-5-13-9/h3-5,8H,6-7H2,1-2H3,(H,11,12). The van der Waals surface area contributed by atoms with Crippen LogP contribution in [0.15, 0.2) is 22.8 Å². The quantitative estimate of drug-likeness (QED) is 0.774. The number of rotatable bonds is 5. The van der Waals surface area contributed by atoms with Gasteiger partial charge in [0, 0.05) is 0 Å². The molecule has 1 rings (SSSR count). The van der Waals surface area contributed by atoms with Gasteiger partial charge in [-0.2, -0.15) is 0 Å². The van der Waals surface area contributed by atoms with Crippen LogP contribution in [-0.2, 0) is 16.1 Å². The zero-order valence-corrected chi connectivity index (χ0v) is 8.45. The number of nitrogens with one attached hydrogen (secondary N) is 1. The van der Waals surface area contributed by atoms with Crippen LogP contribution in [0.3, 0.4) is 0 Å². The molecule has 0 aliphatic rings. The number of carbonyl (C=O) groups is 1. The summed E-state index contributed by atoms with van der Waals surface area (Å²) in [4.78, 5) is 11.2. The molecule has 0 fully saturated rings. The van der Waals surface area contributed by atoms with Crippen LogP contribution < -0.4 is 5.32 Å². The van der Waals surface area contributed by atoms with E-state index in [1.54, 1.807) is 12.3 Å². The zero-order chi connectivity index (χ0) is 10.4. The Kier molecular flexibility index (Phi) is 4.19. The summed E-state index contributed by atoms with van der Waals surface area (Å²) in [5.41, 5.74) is 0. The van der Waals surface area contributed by atoms with Crippen molar-refractivity contribution < 1.29 is 13.9 Å². The van der Waals surface area contributed by atoms with E-state index < -0.39 is 0 Å². The predicted molar refractivity (Wildman–Crippen MR) is 51.6 cm³/mol. The van der Waals surface area contributed by atoms with E-state index in [1.165, 1.54) is 0 Å². The van der Waals surface area contributed by atoms with Crippen LogP contribution in [0.5, 0.6) is 0 Å². The molecule has 0 saturated carbocycles. The number of carbonyl (C=O) groups excluding carboxylic acids is 1. The minimum absolute atomic E-state index is 0.0735. The molecule has 78 valence electrons. The molecule has 0 unspecified atom stereocenters. The SMILES string of the molecule is CC(C)OCC(=O)NCc1ccco1. The van der Waals surface area contributed by atoms with Crippen LogP contribution in [0, 0.1) is 0 Å². The Balaban J connectivity index is 2.15. The molecule has 1 N–H and O–H groups in total. The van der Waals surface area contributed by atoms with Crippen LogP contribution in [0.1, 0.15) is 19.6 Å². The second-order valence-corrected chi connectivity index (χ2v) is 3.22. The van der Waals surface area contributed by atoms with Crippen molar-refractivity contribution in [3.05, 3.63) is 24.2 Å². The monoisotopic (exact) mass is 197 g/mol. The number of furan rings is 1. The highest BCUT2D eigenvalue weighted by Crippen LogP contribution is 1.98. The molecule has 0 aromatic carbocycles. The van der Waals surface area contributed by atoms with Gasteiger partial charge in [0.25, 0.3) is 0 Å². The predicted octanol–water partition coefficient (Wildman–Crippen LogP) is 1.32. The molecule has 0 radical (unpaired) electrons. The van der Waals surface area contributed by atoms with Gasteiger partial charge in [-0.3, -0.25) is 4.79 Å². The van der Waals surface area contributed by atoms with E-state index in [1.807, 2.05) is 19.9 Å². The van der Waals surface area contributed by atoms with Crippen molar-refractivity contribution in [2.24, 2.45) is 0 Å². The van der Waals surface area contributed by atoms with Crippen LogP contribution in [0.4, 0.5) is 0 Å². The van der Waals surface area contributed by atoms with Gasteiger partial charge in [0.05, 0.1) is 18.9 Å². The Labute approximate surface area is 83.2 Å². The first-order chi connectivity index (χ1) is 6.68. The van der Waals surface area contributed by atoms with Gasteiger partial charge in [-0.1, -0.05) is 0 Å². The van der Waals surface area contributed by atoms with E-state index in [-0.39, 0.29) is 18.6 Å².